The molecule has 3 aliphatic carbocycles. The highest BCUT2D eigenvalue weighted by atomic mass is 32.2. The number of rotatable bonds is 7. The average molecular weight is 536 g/mol. The molecule has 8 heteroatoms. The molecule has 6 rings (SSSR count). The second-order valence-electron chi connectivity index (χ2n) is 11.9. The number of amides is 1. The van der Waals surface area contributed by atoms with E-state index in [9.17, 15) is 13.2 Å². The highest BCUT2D eigenvalue weighted by molar-refractivity contribution is 7.90. The third kappa shape index (κ3) is 4.16. The average Bonchev–Trinajstić information content (AvgIpc) is 3.65. The molecule has 4 aliphatic rings. The zero-order valence-corrected chi connectivity index (χ0v) is 23.1. The first-order valence-electron chi connectivity index (χ1n) is 13.8. The molecule has 7 nitrogen and oxygen atoms in total. The molecule has 2 spiro atoms. The number of sulfone groups is 1. The van der Waals surface area contributed by atoms with Gasteiger partial charge in [0.1, 0.15) is 0 Å². The number of hydrogen-bond donors (Lipinski definition) is 1. The Morgan fingerprint density at radius 2 is 1.74 bits per heavy atom. The Bertz CT molecular complexity index is 1390. The van der Waals surface area contributed by atoms with E-state index in [-0.39, 0.29) is 34.8 Å². The van der Waals surface area contributed by atoms with Gasteiger partial charge in [-0.1, -0.05) is 43.2 Å². The van der Waals surface area contributed by atoms with Gasteiger partial charge in [-0.2, -0.15) is 0 Å². The number of fused-ring (bicyclic) bond motifs is 3. The van der Waals surface area contributed by atoms with Crippen LogP contribution in [0.5, 0.6) is 0 Å². The van der Waals surface area contributed by atoms with Crippen molar-refractivity contribution in [1.29, 1.82) is 0 Å². The van der Waals surface area contributed by atoms with E-state index in [1.54, 1.807) is 36.3 Å². The third-order valence-electron chi connectivity index (χ3n) is 9.43. The standard InChI is InChI=1S/C30H37N3O4S/c1-37-24-13-15-29(16-14-24)18-23-10-7-21(6-5-20-3-4-20)17-26(23)30(29)27(34)33(28(31)32-30)19-22-8-11-25(12-9-22)38(2,35)36/h7-12,17,20,24H,3-6,13-16,18-19H2,1-2H3,(H2,31,32). The minimum absolute atomic E-state index is 0.0591. The Balaban J connectivity index is 1.36. The maximum absolute atomic E-state index is 14.5. The highest BCUT2D eigenvalue weighted by Gasteiger charge is 2.66. The first kappa shape index (κ1) is 25.6. The van der Waals surface area contributed by atoms with Gasteiger partial charge >= 0.3 is 0 Å². The Hall–Kier alpha value is -2.71. The lowest BCUT2D eigenvalue weighted by atomic mass is 9.61. The molecule has 2 N–H and O–H groups in total. The predicted molar refractivity (Wildman–Crippen MR) is 146 cm³/mol. The maximum Gasteiger partial charge on any atom is 0.262 e. The van der Waals surface area contributed by atoms with E-state index in [1.165, 1.54) is 36.6 Å². The largest absolute Gasteiger partial charge is 0.381 e. The Morgan fingerprint density at radius 3 is 2.37 bits per heavy atom. The summed E-state index contributed by atoms with van der Waals surface area (Å²) in [5.74, 6) is 1.03. The SMILES string of the molecule is COC1CCC2(CC1)Cc1ccc(CCC3CC3)cc1C21N=C(N)N(Cc2ccc(S(C)(=O)=O)cc2)C1=O. The first-order valence-corrected chi connectivity index (χ1v) is 15.7. The van der Waals surface area contributed by atoms with E-state index in [0.717, 1.165) is 55.6 Å². The quantitative estimate of drug-likeness (QED) is 0.575. The van der Waals surface area contributed by atoms with E-state index in [2.05, 4.69) is 18.2 Å². The van der Waals surface area contributed by atoms with Crippen LogP contribution < -0.4 is 5.73 Å². The van der Waals surface area contributed by atoms with Gasteiger partial charge in [-0.25, -0.2) is 13.4 Å². The molecule has 202 valence electrons. The van der Waals surface area contributed by atoms with Crippen LogP contribution in [0.2, 0.25) is 0 Å². The lowest BCUT2D eigenvalue weighted by molar-refractivity contribution is -0.138. The lowest BCUT2D eigenvalue weighted by Gasteiger charge is -2.45. The number of ether oxygens (including phenoxy) is 1. The monoisotopic (exact) mass is 535 g/mol. The van der Waals surface area contributed by atoms with Gasteiger partial charge in [0.2, 0.25) is 0 Å². The Kier molecular flexibility index (Phi) is 6.18. The van der Waals surface area contributed by atoms with E-state index < -0.39 is 15.4 Å². The molecule has 1 aliphatic heterocycles. The van der Waals surface area contributed by atoms with Crippen LogP contribution in [0, 0.1) is 11.3 Å². The van der Waals surface area contributed by atoms with Crippen molar-refractivity contribution in [1.82, 2.24) is 4.90 Å². The van der Waals surface area contributed by atoms with Crippen molar-refractivity contribution in [2.24, 2.45) is 22.1 Å². The molecule has 0 aromatic heterocycles. The van der Waals surface area contributed by atoms with Crippen LogP contribution in [0.3, 0.4) is 0 Å². The van der Waals surface area contributed by atoms with Gasteiger partial charge in [0.05, 0.1) is 17.5 Å². The van der Waals surface area contributed by atoms with Crippen LogP contribution in [0.25, 0.3) is 0 Å². The summed E-state index contributed by atoms with van der Waals surface area (Å²) in [6.45, 7) is 0.257. The summed E-state index contributed by atoms with van der Waals surface area (Å²) in [5, 5.41) is 0. The Labute approximate surface area is 225 Å². The van der Waals surface area contributed by atoms with Gasteiger partial charge in [-0.15, -0.1) is 0 Å². The van der Waals surface area contributed by atoms with Crippen molar-refractivity contribution >= 4 is 21.7 Å². The third-order valence-corrected chi connectivity index (χ3v) is 10.6. The summed E-state index contributed by atoms with van der Waals surface area (Å²) in [6, 6.07) is 13.4. The van der Waals surface area contributed by atoms with E-state index in [4.69, 9.17) is 15.5 Å². The van der Waals surface area contributed by atoms with Crippen molar-refractivity contribution in [3.05, 3.63) is 64.7 Å². The number of guanidine groups is 1. The minimum atomic E-state index is -3.30. The summed E-state index contributed by atoms with van der Waals surface area (Å²) >= 11 is 0. The van der Waals surface area contributed by atoms with Crippen molar-refractivity contribution < 1.29 is 17.9 Å². The molecule has 1 unspecified atom stereocenters. The smallest absolute Gasteiger partial charge is 0.262 e. The number of carbonyl (C=O) groups is 1. The molecule has 0 bridgehead atoms. The molecule has 1 heterocycles. The van der Waals surface area contributed by atoms with Gasteiger partial charge in [0.15, 0.2) is 21.3 Å². The summed E-state index contributed by atoms with van der Waals surface area (Å²) < 4.78 is 29.5. The summed E-state index contributed by atoms with van der Waals surface area (Å²) in [7, 11) is -1.53. The number of nitrogens with two attached hydrogens (primary N) is 1. The molecule has 2 fully saturated rings. The van der Waals surface area contributed by atoms with Gasteiger partial charge < -0.3 is 10.5 Å². The molecule has 2 aromatic carbocycles. The number of hydrogen-bond acceptors (Lipinski definition) is 6. The first-order chi connectivity index (χ1) is 18.1. The van der Waals surface area contributed by atoms with Gasteiger partial charge in [0.25, 0.3) is 5.91 Å². The van der Waals surface area contributed by atoms with Crippen molar-refractivity contribution in [3.63, 3.8) is 0 Å². The lowest BCUT2D eigenvalue weighted by Crippen LogP contribution is -2.52. The molecule has 2 saturated carbocycles. The fraction of sp³-hybridized carbons (Fsp3) is 0.533. The maximum atomic E-state index is 14.5. The minimum Gasteiger partial charge on any atom is -0.381 e. The fourth-order valence-electron chi connectivity index (χ4n) is 7.02. The number of aryl methyl sites for hydroxylation is 1. The molecular formula is C30H37N3O4S. The summed E-state index contributed by atoms with van der Waals surface area (Å²) in [4.78, 5) is 21.5. The highest BCUT2D eigenvalue weighted by Crippen LogP contribution is 2.62. The van der Waals surface area contributed by atoms with Crippen LogP contribution in [0.1, 0.15) is 67.2 Å². The summed E-state index contributed by atoms with van der Waals surface area (Å²) in [6.07, 6.45) is 10.6. The number of nitrogens with zero attached hydrogens (tertiary/aromatic N) is 2. The van der Waals surface area contributed by atoms with Crippen LogP contribution in [0.15, 0.2) is 52.4 Å². The van der Waals surface area contributed by atoms with Gasteiger partial charge in [0, 0.05) is 18.8 Å². The molecule has 38 heavy (non-hydrogen) atoms. The fourth-order valence-corrected chi connectivity index (χ4v) is 7.65. The number of benzene rings is 2. The molecule has 0 saturated heterocycles. The molecule has 1 atom stereocenters. The van der Waals surface area contributed by atoms with Gasteiger partial charge in [-0.3, -0.25) is 9.69 Å². The molecule has 1 amide bonds. The molecule has 2 aromatic rings. The number of carbonyl (C=O) groups excluding carboxylic acids is 1. The molecular weight excluding hydrogens is 498 g/mol. The van der Waals surface area contributed by atoms with Gasteiger partial charge in [-0.05, 0) is 85.3 Å². The molecule has 0 radical (unpaired) electrons. The van der Waals surface area contributed by atoms with Crippen molar-refractivity contribution in [2.75, 3.05) is 13.4 Å². The second-order valence-corrected chi connectivity index (χ2v) is 13.9. The normalized spacial score (nSPS) is 28.8. The zero-order valence-electron chi connectivity index (χ0n) is 22.3. The van der Waals surface area contributed by atoms with Crippen LogP contribution in [0.4, 0.5) is 0 Å². The second kappa shape index (κ2) is 9.19. The number of methoxy groups -OCH3 is 1. The van der Waals surface area contributed by atoms with E-state index in [0.29, 0.717) is 0 Å². The van der Waals surface area contributed by atoms with Crippen LogP contribution >= 0.6 is 0 Å². The summed E-state index contributed by atoms with van der Waals surface area (Å²) in [5.41, 5.74) is 9.53. The predicted octanol–water partition coefficient (Wildman–Crippen LogP) is 4.12. The van der Waals surface area contributed by atoms with Crippen LogP contribution in [-0.2, 0) is 44.3 Å². The van der Waals surface area contributed by atoms with Crippen molar-refractivity contribution in [3.8, 4) is 0 Å². The van der Waals surface area contributed by atoms with E-state index in [1.807, 2.05) is 0 Å². The zero-order chi connectivity index (χ0) is 26.7. The van der Waals surface area contributed by atoms with E-state index >= 15 is 0 Å². The Morgan fingerprint density at radius 1 is 1.05 bits per heavy atom. The number of aliphatic imine (C=N–C) groups is 1. The van der Waals surface area contributed by atoms with Crippen molar-refractivity contribution in [2.45, 2.75) is 80.9 Å². The van der Waals surface area contributed by atoms with Crippen LogP contribution in [-0.4, -0.2) is 44.7 Å². The topological polar surface area (TPSA) is 102 Å².